The van der Waals surface area contributed by atoms with E-state index in [9.17, 15) is 9.59 Å². The molecule has 0 heterocycles. The molecule has 0 bridgehead atoms. The van der Waals surface area contributed by atoms with Gasteiger partial charge in [-0.05, 0) is 90.3 Å². The van der Waals surface area contributed by atoms with Crippen LogP contribution in [0.15, 0.2) is 84.0 Å². The first kappa shape index (κ1) is 21.5. The van der Waals surface area contributed by atoms with E-state index in [-0.39, 0.29) is 16.6 Å². The number of ketones is 2. The van der Waals surface area contributed by atoms with Crippen molar-refractivity contribution in [2.24, 2.45) is 28.6 Å². The smallest absolute Gasteiger partial charge is 0.178 e. The SMILES string of the molecule is C[C@]12C=CC(=O)C=C1CC[C@@H]1[C@@H]2CC[C@]2(C)C(=O)C(=Cc3ccc(-c4ccccc4)cc3)C[C@@H]12. The zero-order valence-corrected chi connectivity index (χ0v) is 20.1. The molecule has 2 nitrogen and oxygen atoms in total. The third-order valence-electron chi connectivity index (χ3n) is 9.56. The number of hydrogen-bond donors (Lipinski definition) is 0. The summed E-state index contributed by atoms with van der Waals surface area (Å²) in [5.74, 6) is 1.95. The first-order chi connectivity index (χ1) is 16.4. The van der Waals surface area contributed by atoms with E-state index in [0.717, 1.165) is 43.2 Å². The molecule has 4 aliphatic rings. The quantitative estimate of drug-likeness (QED) is 0.454. The van der Waals surface area contributed by atoms with Gasteiger partial charge in [0.05, 0.1) is 0 Å². The number of Topliss-reactive ketones (excluding diaryl/α,β-unsaturated/α-hetero) is 1. The van der Waals surface area contributed by atoms with Gasteiger partial charge in [-0.15, -0.1) is 0 Å². The molecule has 34 heavy (non-hydrogen) atoms. The largest absolute Gasteiger partial charge is 0.294 e. The maximum absolute atomic E-state index is 13.7. The maximum atomic E-state index is 13.7. The Morgan fingerprint density at radius 3 is 2.38 bits per heavy atom. The van der Waals surface area contributed by atoms with Crippen LogP contribution in [-0.2, 0) is 9.59 Å². The van der Waals surface area contributed by atoms with Gasteiger partial charge in [0.2, 0.25) is 0 Å². The highest BCUT2D eigenvalue weighted by molar-refractivity contribution is 6.06. The standard InChI is InChI=1S/C32H32O2/c1-31-16-14-26(33)20-25(31)12-13-27-28(31)15-17-32(2)29(27)19-24(30(32)34)18-21-8-10-23(11-9-21)22-6-4-3-5-7-22/h3-11,14,16,18,20,27-29H,12-13,15,17,19H2,1-2H3/t27-,28+,29+,31+,32+/m1/s1. The highest BCUT2D eigenvalue weighted by Gasteiger charge is 2.59. The van der Waals surface area contributed by atoms with Crippen LogP contribution >= 0.6 is 0 Å². The average molecular weight is 449 g/mol. The second-order valence-electron chi connectivity index (χ2n) is 11.3. The second kappa shape index (κ2) is 7.77. The molecule has 0 aliphatic heterocycles. The lowest BCUT2D eigenvalue weighted by atomic mass is 9.48. The molecule has 3 fully saturated rings. The van der Waals surface area contributed by atoms with Gasteiger partial charge in [0.15, 0.2) is 11.6 Å². The lowest BCUT2D eigenvalue weighted by molar-refractivity contribution is -0.129. The number of hydrogen-bond acceptors (Lipinski definition) is 2. The zero-order chi connectivity index (χ0) is 23.5. The van der Waals surface area contributed by atoms with Gasteiger partial charge >= 0.3 is 0 Å². The van der Waals surface area contributed by atoms with Crippen LogP contribution in [0.5, 0.6) is 0 Å². The third-order valence-corrected chi connectivity index (χ3v) is 9.56. The first-order valence-corrected chi connectivity index (χ1v) is 12.7. The predicted molar refractivity (Wildman–Crippen MR) is 137 cm³/mol. The van der Waals surface area contributed by atoms with Crippen LogP contribution in [0.1, 0.15) is 51.5 Å². The molecule has 2 aromatic rings. The van der Waals surface area contributed by atoms with Crippen molar-refractivity contribution < 1.29 is 9.59 Å². The van der Waals surface area contributed by atoms with Gasteiger partial charge in [0, 0.05) is 10.8 Å². The number of benzene rings is 2. The molecule has 172 valence electrons. The summed E-state index contributed by atoms with van der Waals surface area (Å²) in [5, 5.41) is 0. The van der Waals surface area contributed by atoms with E-state index in [1.165, 1.54) is 16.7 Å². The molecule has 0 aromatic heterocycles. The Hall–Kier alpha value is -3.00. The van der Waals surface area contributed by atoms with Gasteiger partial charge in [-0.3, -0.25) is 9.59 Å². The highest BCUT2D eigenvalue weighted by Crippen LogP contribution is 2.64. The normalized spacial score (nSPS) is 35.5. The van der Waals surface area contributed by atoms with Crippen LogP contribution in [0.4, 0.5) is 0 Å². The van der Waals surface area contributed by atoms with Crippen LogP contribution < -0.4 is 0 Å². The minimum Gasteiger partial charge on any atom is -0.294 e. The summed E-state index contributed by atoms with van der Waals surface area (Å²) in [4.78, 5) is 25.7. The van der Waals surface area contributed by atoms with E-state index in [0.29, 0.717) is 23.5 Å². The summed E-state index contributed by atoms with van der Waals surface area (Å²) >= 11 is 0. The van der Waals surface area contributed by atoms with E-state index in [1.807, 2.05) is 12.1 Å². The predicted octanol–water partition coefficient (Wildman–Crippen LogP) is 7.22. The van der Waals surface area contributed by atoms with Crippen molar-refractivity contribution in [3.05, 3.63) is 89.5 Å². The van der Waals surface area contributed by atoms with E-state index in [2.05, 4.69) is 74.5 Å². The zero-order valence-electron chi connectivity index (χ0n) is 20.1. The van der Waals surface area contributed by atoms with Crippen molar-refractivity contribution in [2.75, 3.05) is 0 Å². The second-order valence-corrected chi connectivity index (χ2v) is 11.3. The van der Waals surface area contributed by atoms with Crippen LogP contribution in [0.3, 0.4) is 0 Å². The molecule has 2 heteroatoms. The van der Waals surface area contributed by atoms with Gasteiger partial charge in [-0.1, -0.05) is 80.1 Å². The Morgan fingerprint density at radius 1 is 0.882 bits per heavy atom. The molecule has 3 saturated carbocycles. The highest BCUT2D eigenvalue weighted by atomic mass is 16.1. The molecule has 2 aromatic carbocycles. The molecule has 4 aliphatic carbocycles. The van der Waals surface area contributed by atoms with E-state index in [4.69, 9.17) is 0 Å². The molecule has 0 radical (unpaired) electrons. The van der Waals surface area contributed by atoms with Crippen molar-refractivity contribution in [3.8, 4) is 11.1 Å². The van der Waals surface area contributed by atoms with Crippen molar-refractivity contribution >= 4 is 17.6 Å². The summed E-state index contributed by atoms with van der Waals surface area (Å²) < 4.78 is 0. The van der Waals surface area contributed by atoms with E-state index < -0.39 is 0 Å². The van der Waals surface area contributed by atoms with Crippen LogP contribution in [0.25, 0.3) is 17.2 Å². The fourth-order valence-corrected chi connectivity index (χ4v) is 7.60. The minimum absolute atomic E-state index is 0.0268. The summed E-state index contributed by atoms with van der Waals surface area (Å²) in [5.41, 5.74) is 5.55. The summed E-state index contributed by atoms with van der Waals surface area (Å²) in [7, 11) is 0. The number of carbonyl (C=O) groups is 2. The summed E-state index contributed by atoms with van der Waals surface area (Å²) in [6.45, 7) is 4.55. The number of carbonyl (C=O) groups excluding carboxylic acids is 2. The molecule has 5 atom stereocenters. The fraction of sp³-hybridized carbons (Fsp3) is 0.375. The molecule has 6 rings (SSSR count). The lowest BCUT2D eigenvalue weighted by Gasteiger charge is -2.55. The van der Waals surface area contributed by atoms with Crippen LogP contribution in [0, 0.1) is 28.6 Å². The van der Waals surface area contributed by atoms with Gasteiger partial charge in [-0.25, -0.2) is 0 Å². The first-order valence-electron chi connectivity index (χ1n) is 12.7. The monoisotopic (exact) mass is 448 g/mol. The molecule has 0 amide bonds. The lowest BCUT2D eigenvalue weighted by Crippen LogP contribution is -2.49. The molecule has 0 N–H and O–H groups in total. The number of fused-ring (bicyclic) bond motifs is 5. The summed E-state index contributed by atoms with van der Waals surface area (Å²) in [6.07, 6.45) is 12.9. The Morgan fingerprint density at radius 2 is 1.62 bits per heavy atom. The van der Waals surface area contributed by atoms with Crippen LogP contribution in [-0.4, -0.2) is 11.6 Å². The van der Waals surface area contributed by atoms with Crippen molar-refractivity contribution in [3.63, 3.8) is 0 Å². The maximum Gasteiger partial charge on any atom is 0.178 e. The van der Waals surface area contributed by atoms with Gasteiger partial charge in [0.1, 0.15) is 0 Å². The van der Waals surface area contributed by atoms with E-state index in [1.54, 1.807) is 6.08 Å². The van der Waals surface area contributed by atoms with Crippen LogP contribution in [0.2, 0.25) is 0 Å². The van der Waals surface area contributed by atoms with Crippen molar-refractivity contribution in [1.82, 2.24) is 0 Å². The average Bonchev–Trinajstić information content (AvgIpc) is 3.11. The Balaban J connectivity index is 1.28. The molecular formula is C32H32O2. The molecule has 0 spiro atoms. The number of allylic oxidation sites excluding steroid dienone is 5. The van der Waals surface area contributed by atoms with E-state index >= 15 is 0 Å². The number of rotatable bonds is 2. The molecular weight excluding hydrogens is 416 g/mol. The fourth-order valence-electron chi connectivity index (χ4n) is 7.60. The van der Waals surface area contributed by atoms with Crippen molar-refractivity contribution in [2.45, 2.75) is 46.0 Å². The van der Waals surface area contributed by atoms with Gasteiger partial charge < -0.3 is 0 Å². The minimum atomic E-state index is -0.247. The molecule has 0 unspecified atom stereocenters. The molecule has 0 saturated heterocycles. The Labute approximate surface area is 202 Å². The van der Waals surface area contributed by atoms with Gasteiger partial charge in [-0.2, -0.15) is 0 Å². The third kappa shape index (κ3) is 3.22. The summed E-state index contributed by atoms with van der Waals surface area (Å²) in [6, 6.07) is 19.0. The van der Waals surface area contributed by atoms with Crippen molar-refractivity contribution in [1.29, 1.82) is 0 Å². The topological polar surface area (TPSA) is 34.1 Å². The Kier molecular flexibility index (Phi) is 4.92. The van der Waals surface area contributed by atoms with Gasteiger partial charge in [0.25, 0.3) is 0 Å². The Bertz CT molecular complexity index is 1250.